The molecule has 0 aliphatic rings. The van der Waals surface area contributed by atoms with Crippen molar-refractivity contribution in [3.63, 3.8) is 0 Å². The van der Waals surface area contributed by atoms with E-state index in [9.17, 15) is 0 Å². The molecule has 0 bridgehead atoms. The number of hydrogen-bond donors (Lipinski definition) is 2. The number of nitrogens with zero attached hydrogens (tertiary/aromatic N) is 2. The molecule has 2 rings (SSSR count). The Morgan fingerprint density at radius 3 is 2.46 bits per heavy atom. The van der Waals surface area contributed by atoms with Gasteiger partial charge in [-0.15, -0.1) is 0 Å². The van der Waals surface area contributed by atoms with E-state index in [1.54, 1.807) is 0 Å². The van der Waals surface area contributed by atoms with Crippen LogP contribution in [0.3, 0.4) is 0 Å². The quantitative estimate of drug-likeness (QED) is 0.410. The first-order valence-electron chi connectivity index (χ1n) is 10.2. The Labute approximate surface area is 178 Å². The highest BCUT2D eigenvalue weighted by Crippen LogP contribution is 2.27. The summed E-state index contributed by atoms with van der Waals surface area (Å²) in [5, 5.41) is 4.04. The van der Waals surface area contributed by atoms with Crippen molar-refractivity contribution in [2.24, 2.45) is 4.99 Å². The molecule has 4 nitrogen and oxygen atoms in total. The molecule has 1 aromatic heterocycles. The molecule has 6 heteroatoms. The molecule has 0 spiro atoms. The van der Waals surface area contributed by atoms with Gasteiger partial charge in [0.05, 0.1) is 11.3 Å². The van der Waals surface area contributed by atoms with Gasteiger partial charge in [0.1, 0.15) is 9.99 Å². The normalized spacial score (nSPS) is 11.6. The molecule has 152 valence electrons. The topological polar surface area (TPSA) is 63.3 Å². The molecule has 0 fully saturated rings. The van der Waals surface area contributed by atoms with Gasteiger partial charge in [-0.1, -0.05) is 92.9 Å². The van der Waals surface area contributed by atoms with Gasteiger partial charge in [-0.05, 0) is 19.8 Å². The smallest absolute Gasteiger partial charge is 0.206 e. The number of nitrogens with one attached hydrogen (secondary N) is 1. The summed E-state index contributed by atoms with van der Waals surface area (Å²) in [6, 6.07) is 8.32. The Balaban J connectivity index is 2.38. The van der Waals surface area contributed by atoms with Crippen LogP contribution in [-0.2, 0) is 0 Å². The standard InChI is InChI=1S/C22H32N4S2/c1-4-6-8-14-24-21(27)18-19(17-12-10-16(3)11-13-17)26-22(28-20(18)23)25-15-9-7-5-2/h10-13H,4-9,14-15,23H2,1-3H3,(H,24,27). The second kappa shape index (κ2) is 11.9. The Morgan fingerprint density at radius 2 is 1.79 bits per heavy atom. The molecule has 0 amide bonds. The van der Waals surface area contributed by atoms with Crippen LogP contribution in [0.15, 0.2) is 29.3 Å². The molecule has 2 aromatic rings. The number of benzene rings is 1. The van der Waals surface area contributed by atoms with Crippen LogP contribution in [0.1, 0.15) is 63.5 Å². The second-order valence-electron chi connectivity index (χ2n) is 7.00. The van der Waals surface area contributed by atoms with Crippen molar-refractivity contribution in [1.82, 2.24) is 10.3 Å². The van der Waals surface area contributed by atoms with Gasteiger partial charge in [0.25, 0.3) is 0 Å². The Bertz CT molecular complexity index is 825. The van der Waals surface area contributed by atoms with Crippen molar-refractivity contribution in [2.45, 2.75) is 59.3 Å². The molecule has 0 aliphatic heterocycles. The number of thiocarbonyl (C=S) groups is 1. The molecule has 0 radical (unpaired) electrons. The number of nitrogens with two attached hydrogens (primary N) is 1. The van der Waals surface area contributed by atoms with Gasteiger partial charge in [0, 0.05) is 18.7 Å². The first kappa shape index (κ1) is 22.5. The van der Waals surface area contributed by atoms with Gasteiger partial charge < -0.3 is 11.1 Å². The first-order valence-corrected chi connectivity index (χ1v) is 11.5. The van der Waals surface area contributed by atoms with Crippen LogP contribution >= 0.6 is 23.6 Å². The summed E-state index contributed by atoms with van der Waals surface area (Å²) in [5.74, 6) is 0. The monoisotopic (exact) mass is 416 g/mol. The number of unbranched alkanes of at least 4 members (excludes halogenated alkanes) is 4. The lowest BCUT2D eigenvalue weighted by Gasteiger charge is -2.14. The maximum absolute atomic E-state index is 6.44. The van der Waals surface area contributed by atoms with Crippen LogP contribution in [0.5, 0.6) is 0 Å². The van der Waals surface area contributed by atoms with Crippen LogP contribution in [-0.4, -0.2) is 23.1 Å². The molecule has 3 N–H and O–H groups in total. The van der Waals surface area contributed by atoms with Crippen LogP contribution in [0.4, 0.5) is 5.00 Å². The van der Waals surface area contributed by atoms with Crippen LogP contribution in [0, 0.1) is 6.92 Å². The Morgan fingerprint density at radius 1 is 1.11 bits per heavy atom. The van der Waals surface area contributed by atoms with E-state index in [0.717, 1.165) is 47.6 Å². The molecule has 28 heavy (non-hydrogen) atoms. The number of rotatable bonds is 10. The van der Waals surface area contributed by atoms with Crippen molar-refractivity contribution < 1.29 is 0 Å². The van der Waals surface area contributed by atoms with Gasteiger partial charge >= 0.3 is 0 Å². The summed E-state index contributed by atoms with van der Waals surface area (Å²) < 4.78 is 0. The highest BCUT2D eigenvalue weighted by atomic mass is 32.1. The van der Waals surface area contributed by atoms with Gasteiger partial charge in [-0.2, -0.15) is 0 Å². The summed E-state index contributed by atoms with van der Waals surface area (Å²) in [6.45, 7) is 8.10. The molecule has 0 saturated carbocycles. The average Bonchev–Trinajstić information content (AvgIpc) is 2.68. The van der Waals surface area contributed by atoms with E-state index in [1.807, 2.05) is 0 Å². The van der Waals surface area contributed by atoms with E-state index in [-0.39, 0.29) is 0 Å². The third kappa shape index (κ3) is 6.67. The maximum atomic E-state index is 6.44. The molecule has 0 aliphatic carbocycles. The number of aryl methyl sites for hydroxylation is 1. The van der Waals surface area contributed by atoms with Gasteiger partial charge in [0.2, 0.25) is 4.80 Å². The Kier molecular flexibility index (Phi) is 9.58. The first-order chi connectivity index (χ1) is 13.6. The minimum atomic E-state index is 0.672. The predicted octanol–water partition coefficient (Wildman–Crippen LogP) is 5.25. The third-order valence-corrected chi connectivity index (χ3v) is 5.69. The molecule has 0 saturated heterocycles. The lowest BCUT2D eigenvalue weighted by atomic mass is 10.1. The highest BCUT2D eigenvalue weighted by molar-refractivity contribution is 7.80. The average molecular weight is 417 g/mol. The van der Waals surface area contributed by atoms with E-state index < -0.39 is 0 Å². The largest absolute Gasteiger partial charge is 0.390 e. The molecular weight excluding hydrogens is 384 g/mol. The molecular formula is C22H32N4S2. The van der Waals surface area contributed by atoms with Crippen LogP contribution < -0.4 is 15.9 Å². The maximum Gasteiger partial charge on any atom is 0.206 e. The number of nitrogen functional groups attached to an aromatic ring is 1. The number of anilines is 1. The van der Waals surface area contributed by atoms with E-state index in [2.05, 4.69) is 55.3 Å². The van der Waals surface area contributed by atoms with Crippen LogP contribution in [0.25, 0.3) is 11.3 Å². The number of aromatic nitrogens is 1. The van der Waals surface area contributed by atoms with E-state index in [1.165, 1.54) is 42.6 Å². The molecule has 1 heterocycles. The fourth-order valence-corrected chi connectivity index (χ4v) is 4.01. The van der Waals surface area contributed by atoms with E-state index >= 15 is 0 Å². The fourth-order valence-electron chi connectivity index (χ4n) is 2.85. The minimum Gasteiger partial charge on any atom is -0.390 e. The fraction of sp³-hybridized carbons (Fsp3) is 0.500. The molecule has 0 atom stereocenters. The van der Waals surface area contributed by atoms with Gasteiger partial charge in [-0.25, -0.2) is 4.98 Å². The SMILES string of the molecule is CCCCCN=c1nc(-c2ccc(C)cc2)c(C(=S)NCCCCC)c(N)s1. The lowest BCUT2D eigenvalue weighted by Crippen LogP contribution is -2.26. The summed E-state index contributed by atoms with van der Waals surface area (Å²) in [6.07, 6.45) is 6.90. The summed E-state index contributed by atoms with van der Waals surface area (Å²) in [4.78, 5) is 10.9. The zero-order valence-electron chi connectivity index (χ0n) is 17.3. The number of hydrogen-bond acceptors (Lipinski definition) is 5. The van der Waals surface area contributed by atoms with Crippen molar-refractivity contribution in [2.75, 3.05) is 18.8 Å². The zero-order chi connectivity index (χ0) is 20.4. The van der Waals surface area contributed by atoms with E-state index in [0.29, 0.717) is 9.99 Å². The van der Waals surface area contributed by atoms with Crippen molar-refractivity contribution >= 4 is 33.5 Å². The van der Waals surface area contributed by atoms with Crippen molar-refractivity contribution in [3.05, 3.63) is 40.2 Å². The van der Waals surface area contributed by atoms with E-state index in [4.69, 9.17) is 22.9 Å². The van der Waals surface area contributed by atoms with Crippen molar-refractivity contribution in [1.29, 1.82) is 0 Å². The molecule has 1 aromatic carbocycles. The van der Waals surface area contributed by atoms with Gasteiger partial charge in [0.15, 0.2) is 0 Å². The lowest BCUT2D eigenvalue weighted by molar-refractivity contribution is 0.698. The predicted molar refractivity (Wildman–Crippen MR) is 126 cm³/mol. The molecule has 0 unspecified atom stereocenters. The summed E-state index contributed by atoms with van der Waals surface area (Å²) >= 11 is 7.10. The Hall–Kier alpha value is -1.79. The summed E-state index contributed by atoms with van der Waals surface area (Å²) in [5.41, 5.74) is 10.3. The highest BCUT2D eigenvalue weighted by Gasteiger charge is 2.16. The van der Waals surface area contributed by atoms with Crippen molar-refractivity contribution in [3.8, 4) is 11.3 Å². The second-order valence-corrected chi connectivity index (χ2v) is 8.42. The zero-order valence-corrected chi connectivity index (χ0v) is 18.9. The summed E-state index contributed by atoms with van der Waals surface area (Å²) in [7, 11) is 0. The third-order valence-electron chi connectivity index (χ3n) is 4.52. The van der Waals surface area contributed by atoms with Crippen LogP contribution in [0.2, 0.25) is 0 Å². The van der Waals surface area contributed by atoms with Gasteiger partial charge in [-0.3, -0.25) is 4.99 Å². The minimum absolute atomic E-state index is 0.672.